The van der Waals surface area contributed by atoms with Crippen molar-refractivity contribution in [3.8, 4) is 6.07 Å². The fraction of sp³-hybridized carbons (Fsp3) is 0.562. The molecule has 1 aliphatic rings. The predicted octanol–water partition coefficient (Wildman–Crippen LogP) is 3.87. The molecule has 1 aromatic rings. The average Bonchev–Trinajstić information content (AvgIpc) is 2.91. The van der Waals surface area contributed by atoms with Gasteiger partial charge in [0, 0.05) is 18.8 Å². The van der Waals surface area contributed by atoms with Crippen molar-refractivity contribution in [2.75, 3.05) is 18.0 Å². The number of hydrogen-bond donors (Lipinski definition) is 0. The summed E-state index contributed by atoms with van der Waals surface area (Å²) in [7, 11) is 0. The molecule has 0 bridgehead atoms. The Balaban J connectivity index is 2.24. The van der Waals surface area contributed by atoms with Gasteiger partial charge in [-0.3, -0.25) is 0 Å². The Morgan fingerprint density at radius 1 is 1.11 bits per heavy atom. The number of nitrogens with zero attached hydrogens (tertiary/aromatic N) is 2. The molecule has 1 aromatic carbocycles. The topological polar surface area (TPSA) is 27.0 Å². The standard InChI is InChI=1S/C16H22N2/c1-3-18(4-2)15-9-7-14(8-10-15)16(13-17)11-5-6-12-16/h7-10H,3-6,11-12H2,1-2H3. The number of benzene rings is 1. The second kappa shape index (κ2) is 5.44. The minimum absolute atomic E-state index is 0.207. The highest BCUT2D eigenvalue weighted by molar-refractivity contribution is 5.49. The van der Waals surface area contributed by atoms with Gasteiger partial charge in [0.1, 0.15) is 0 Å². The first-order valence-electron chi connectivity index (χ1n) is 7.02. The summed E-state index contributed by atoms with van der Waals surface area (Å²) < 4.78 is 0. The predicted molar refractivity (Wildman–Crippen MR) is 75.8 cm³/mol. The molecule has 0 amide bonds. The summed E-state index contributed by atoms with van der Waals surface area (Å²) in [5, 5.41) is 9.48. The molecular formula is C16H22N2. The van der Waals surface area contributed by atoms with Gasteiger partial charge in [-0.25, -0.2) is 0 Å². The molecule has 96 valence electrons. The van der Waals surface area contributed by atoms with E-state index in [0.717, 1.165) is 25.9 Å². The van der Waals surface area contributed by atoms with Crippen molar-refractivity contribution >= 4 is 5.69 Å². The third-order valence-corrected chi connectivity index (χ3v) is 4.22. The number of rotatable bonds is 4. The van der Waals surface area contributed by atoms with E-state index in [1.54, 1.807) is 0 Å². The van der Waals surface area contributed by atoms with Crippen molar-refractivity contribution in [3.05, 3.63) is 29.8 Å². The van der Waals surface area contributed by atoms with Gasteiger partial charge in [0.15, 0.2) is 0 Å². The first kappa shape index (κ1) is 13.0. The Hall–Kier alpha value is -1.49. The van der Waals surface area contributed by atoms with E-state index in [-0.39, 0.29) is 5.41 Å². The van der Waals surface area contributed by atoms with Crippen LogP contribution in [0.15, 0.2) is 24.3 Å². The van der Waals surface area contributed by atoms with Crippen molar-refractivity contribution in [1.82, 2.24) is 0 Å². The van der Waals surface area contributed by atoms with Gasteiger partial charge in [0.25, 0.3) is 0 Å². The molecule has 1 saturated carbocycles. The lowest BCUT2D eigenvalue weighted by molar-refractivity contribution is 0.573. The van der Waals surface area contributed by atoms with E-state index >= 15 is 0 Å². The fourth-order valence-corrected chi connectivity index (χ4v) is 3.02. The van der Waals surface area contributed by atoms with Gasteiger partial charge in [0.05, 0.1) is 11.5 Å². The molecule has 2 rings (SSSR count). The summed E-state index contributed by atoms with van der Waals surface area (Å²) in [5.74, 6) is 0. The Bertz CT molecular complexity index is 417. The monoisotopic (exact) mass is 242 g/mol. The van der Waals surface area contributed by atoms with Gasteiger partial charge < -0.3 is 4.90 Å². The van der Waals surface area contributed by atoms with Gasteiger partial charge in [-0.05, 0) is 44.4 Å². The van der Waals surface area contributed by atoms with Crippen LogP contribution in [0.3, 0.4) is 0 Å². The van der Waals surface area contributed by atoms with Crippen molar-refractivity contribution in [1.29, 1.82) is 5.26 Å². The van der Waals surface area contributed by atoms with Crippen LogP contribution < -0.4 is 4.90 Å². The summed E-state index contributed by atoms with van der Waals surface area (Å²) in [6, 6.07) is 11.2. The maximum Gasteiger partial charge on any atom is 0.0822 e. The molecule has 1 fully saturated rings. The summed E-state index contributed by atoms with van der Waals surface area (Å²) in [4.78, 5) is 2.33. The quantitative estimate of drug-likeness (QED) is 0.801. The zero-order valence-corrected chi connectivity index (χ0v) is 11.4. The second-order valence-electron chi connectivity index (χ2n) is 5.12. The maximum absolute atomic E-state index is 9.48. The van der Waals surface area contributed by atoms with Gasteiger partial charge >= 0.3 is 0 Å². The molecule has 0 saturated heterocycles. The van der Waals surface area contributed by atoms with Crippen molar-refractivity contribution < 1.29 is 0 Å². The van der Waals surface area contributed by atoms with Gasteiger partial charge in [0.2, 0.25) is 0 Å². The molecule has 18 heavy (non-hydrogen) atoms. The van der Waals surface area contributed by atoms with Crippen molar-refractivity contribution in [3.63, 3.8) is 0 Å². The second-order valence-corrected chi connectivity index (χ2v) is 5.12. The number of anilines is 1. The maximum atomic E-state index is 9.48. The SMILES string of the molecule is CCN(CC)c1ccc(C2(C#N)CCCC2)cc1. The van der Waals surface area contributed by atoms with E-state index in [2.05, 4.69) is 49.1 Å². The fourth-order valence-electron chi connectivity index (χ4n) is 3.02. The van der Waals surface area contributed by atoms with Crippen LogP contribution in [0.4, 0.5) is 5.69 Å². The molecule has 0 atom stereocenters. The van der Waals surface area contributed by atoms with E-state index in [4.69, 9.17) is 0 Å². The highest BCUT2D eigenvalue weighted by atomic mass is 15.1. The van der Waals surface area contributed by atoms with Gasteiger partial charge in [-0.2, -0.15) is 5.26 Å². The Morgan fingerprint density at radius 3 is 2.11 bits per heavy atom. The molecule has 0 spiro atoms. The summed E-state index contributed by atoms with van der Waals surface area (Å²) in [6.45, 7) is 6.40. The third kappa shape index (κ3) is 2.22. The van der Waals surface area contributed by atoms with Crippen LogP contribution in [0.1, 0.15) is 45.1 Å². The van der Waals surface area contributed by atoms with Crippen molar-refractivity contribution in [2.45, 2.75) is 44.9 Å². The van der Waals surface area contributed by atoms with E-state index in [1.165, 1.54) is 24.1 Å². The lowest BCUT2D eigenvalue weighted by Gasteiger charge is -2.24. The normalized spacial score (nSPS) is 17.4. The highest BCUT2D eigenvalue weighted by Gasteiger charge is 2.35. The zero-order valence-electron chi connectivity index (χ0n) is 11.4. The Morgan fingerprint density at radius 2 is 1.67 bits per heavy atom. The van der Waals surface area contributed by atoms with E-state index in [0.29, 0.717) is 0 Å². The average molecular weight is 242 g/mol. The summed E-state index contributed by atoms with van der Waals surface area (Å²) >= 11 is 0. The van der Waals surface area contributed by atoms with Gasteiger partial charge in [-0.1, -0.05) is 25.0 Å². The molecule has 0 aromatic heterocycles. The highest BCUT2D eigenvalue weighted by Crippen LogP contribution is 2.40. The van der Waals surface area contributed by atoms with Crippen LogP contribution in [0.2, 0.25) is 0 Å². The van der Waals surface area contributed by atoms with Crippen LogP contribution in [-0.4, -0.2) is 13.1 Å². The molecular weight excluding hydrogens is 220 g/mol. The molecule has 0 aliphatic heterocycles. The first-order chi connectivity index (χ1) is 8.75. The van der Waals surface area contributed by atoms with Crippen LogP contribution >= 0.6 is 0 Å². The van der Waals surface area contributed by atoms with Crippen LogP contribution in [-0.2, 0) is 5.41 Å². The Kier molecular flexibility index (Phi) is 3.91. The zero-order chi connectivity index (χ0) is 13.0. The minimum Gasteiger partial charge on any atom is -0.372 e. The minimum atomic E-state index is -0.207. The Labute approximate surface area is 110 Å². The van der Waals surface area contributed by atoms with Crippen LogP contribution in [0.25, 0.3) is 0 Å². The molecule has 0 unspecified atom stereocenters. The lowest BCUT2D eigenvalue weighted by Crippen LogP contribution is -2.23. The molecule has 0 heterocycles. The molecule has 2 heteroatoms. The van der Waals surface area contributed by atoms with E-state index in [1.807, 2.05) is 0 Å². The van der Waals surface area contributed by atoms with E-state index in [9.17, 15) is 5.26 Å². The number of hydrogen-bond acceptors (Lipinski definition) is 2. The van der Waals surface area contributed by atoms with Crippen LogP contribution in [0.5, 0.6) is 0 Å². The van der Waals surface area contributed by atoms with E-state index < -0.39 is 0 Å². The number of nitriles is 1. The smallest absolute Gasteiger partial charge is 0.0822 e. The molecule has 2 nitrogen and oxygen atoms in total. The largest absolute Gasteiger partial charge is 0.372 e. The van der Waals surface area contributed by atoms with Crippen molar-refractivity contribution in [2.24, 2.45) is 0 Å². The molecule has 0 N–H and O–H groups in total. The summed E-state index contributed by atoms with van der Waals surface area (Å²) in [5.41, 5.74) is 2.26. The first-order valence-corrected chi connectivity index (χ1v) is 7.02. The molecule has 1 aliphatic carbocycles. The third-order valence-electron chi connectivity index (χ3n) is 4.22. The van der Waals surface area contributed by atoms with Crippen LogP contribution in [0, 0.1) is 11.3 Å². The summed E-state index contributed by atoms with van der Waals surface area (Å²) in [6.07, 6.45) is 4.42. The lowest BCUT2D eigenvalue weighted by atomic mass is 9.80. The van der Waals surface area contributed by atoms with Gasteiger partial charge in [-0.15, -0.1) is 0 Å². The molecule has 0 radical (unpaired) electrons.